The summed E-state index contributed by atoms with van der Waals surface area (Å²) in [6.07, 6.45) is 1.05. The van der Waals surface area contributed by atoms with Crippen LogP contribution in [0.25, 0.3) is 0 Å². The predicted octanol–water partition coefficient (Wildman–Crippen LogP) is 2.14. The second kappa shape index (κ2) is 8.12. The molecular weight excluding hydrogens is 298 g/mol. The molecule has 1 saturated heterocycles. The van der Waals surface area contributed by atoms with Gasteiger partial charge in [-0.1, -0.05) is 0 Å². The van der Waals surface area contributed by atoms with Crippen molar-refractivity contribution in [3.8, 4) is 5.88 Å². The summed E-state index contributed by atoms with van der Waals surface area (Å²) in [5.41, 5.74) is 0.0415. The van der Waals surface area contributed by atoms with Crippen LogP contribution in [0.2, 0.25) is 0 Å². The van der Waals surface area contributed by atoms with E-state index < -0.39 is 11.7 Å². The van der Waals surface area contributed by atoms with Crippen molar-refractivity contribution in [3.05, 3.63) is 18.3 Å². The van der Waals surface area contributed by atoms with Gasteiger partial charge in [-0.3, -0.25) is 10.2 Å². The number of aromatic nitrogens is 1. The molecule has 0 aromatic carbocycles. The summed E-state index contributed by atoms with van der Waals surface area (Å²) in [6.45, 7) is 10.3. The van der Waals surface area contributed by atoms with E-state index in [2.05, 4.69) is 15.2 Å². The lowest BCUT2D eigenvalue weighted by atomic mass is 10.2. The van der Waals surface area contributed by atoms with Crippen molar-refractivity contribution in [2.24, 2.45) is 0 Å². The van der Waals surface area contributed by atoms with Crippen LogP contribution in [0, 0.1) is 0 Å². The minimum absolute atomic E-state index is 0.500. The molecule has 1 aromatic heterocycles. The molecule has 0 bridgehead atoms. The number of anilines is 1. The Morgan fingerprint density at radius 3 is 2.70 bits per heavy atom. The summed E-state index contributed by atoms with van der Waals surface area (Å²) in [5.74, 6) is 0.535. The number of ether oxygens (including phenoxy) is 3. The highest BCUT2D eigenvalue weighted by molar-refractivity contribution is 5.84. The Balaban J connectivity index is 1.72. The van der Waals surface area contributed by atoms with E-state index in [-0.39, 0.29) is 0 Å². The molecule has 1 aromatic rings. The minimum Gasteiger partial charge on any atom is -0.476 e. The van der Waals surface area contributed by atoms with Crippen LogP contribution in [0.3, 0.4) is 0 Å². The molecule has 2 heterocycles. The first-order valence-corrected chi connectivity index (χ1v) is 7.81. The van der Waals surface area contributed by atoms with E-state index in [1.165, 1.54) is 0 Å². The van der Waals surface area contributed by atoms with Gasteiger partial charge < -0.3 is 14.2 Å². The molecule has 1 aliphatic heterocycles. The Bertz CT molecular complexity index is 493. The summed E-state index contributed by atoms with van der Waals surface area (Å²) in [6, 6.07) is 3.47. The van der Waals surface area contributed by atoms with E-state index in [1.54, 1.807) is 18.3 Å². The van der Waals surface area contributed by atoms with Gasteiger partial charge in [0.1, 0.15) is 12.2 Å². The number of hydrogen-bond acceptors (Lipinski definition) is 6. The largest absolute Gasteiger partial charge is 0.476 e. The molecule has 1 fully saturated rings. The monoisotopic (exact) mass is 323 g/mol. The first-order chi connectivity index (χ1) is 10.9. The number of carbonyl (C=O) groups is 1. The van der Waals surface area contributed by atoms with Crippen molar-refractivity contribution < 1.29 is 19.0 Å². The Morgan fingerprint density at radius 2 is 2.09 bits per heavy atom. The van der Waals surface area contributed by atoms with E-state index in [0.29, 0.717) is 18.2 Å². The Labute approximate surface area is 136 Å². The van der Waals surface area contributed by atoms with Crippen molar-refractivity contribution in [3.63, 3.8) is 0 Å². The van der Waals surface area contributed by atoms with Gasteiger partial charge in [0.2, 0.25) is 5.88 Å². The van der Waals surface area contributed by atoms with Crippen molar-refractivity contribution in [1.82, 2.24) is 9.88 Å². The summed E-state index contributed by atoms with van der Waals surface area (Å²) >= 11 is 0. The van der Waals surface area contributed by atoms with Crippen molar-refractivity contribution in [1.29, 1.82) is 0 Å². The number of carbonyl (C=O) groups excluding carboxylic acids is 1. The zero-order chi connectivity index (χ0) is 16.7. The Morgan fingerprint density at radius 1 is 1.35 bits per heavy atom. The maximum Gasteiger partial charge on any atom is 0.412 e. The smallest absolute Gasteiger partial charge is 0.412 e. The molecule has 0 unspecified atom stereocenters. The molecule has 7 heteroatoms. The fourth-order valence-corrected chi connectivity index (χ4v) is 2.07. The van der Waals surface area contributed by atoms with Gasteiger partial charge in [0.25, 0.3) is 0 Å². The highest BCUT2D eigenvalue weighted by Gasteiger charge is 2.16. The van der Waals surface area contributed by atoms with Gasteiger partial charge in [-0.15, -0.1) is 0 Å². The minimum atomic E-state index is -0.528. The highest BCUT2D eigenvalue weighted by Crippen LogP contribution is 2.14. The average Bonchev–Trinajstić information content (AvgIpc) is 2.48. The predicted molar refractivity (Wildman–Crippen MR) is 86.8 cm³/mol. The van der Waals surface area contributed by atoms with E-state index >= 15 is 0 Å². The number of nitrogens with zero attached hydrogens (tertiary/aromatic N) is 2. The molecule has 2 rings (SSSR count). The van der Waals surface area contributed by atoms with Crippen LogP contribution < -0.4 is 10.1 Å². The zero-order valence-corrected chi connectivity index (χ0v) is 14.0. The third kappa shape index (κ3) is 6.83. The maximum atomic E-state index is 11.7. The third-order valence-electron chi connectivity index (χ3n) is 3.14. The van der Waals surface area contributed by atoms with Gasteiger partial charge >= 0.3 is 6.09 Å². The van der Waals surface area contributed by atoms with Gasteiger partial charge in [0.15, 0.2) is 0 Å². The normalized spacial score (nSPS) is 16.0. The summed E-state index contributed by atoms with van der Waals surface area (Å²) in [4.78, 5) is 18.1. The second-order valence-electron chi connectivity index (χ2n) is 6.31. The number of rotatable bonds is 5. The van der Waals surface area contributed by atoms with Crippen LogP contribution in [-0.4, -0.2) is 61.0 Å². The summed E-state index contributed by atoms with van der Waals surface area (Å²) in [7, 11) is 0. The van der Waals surface area contributed by atoms with Crippen LogP contribution in [0.15, 0.2) is 18.3 Å². The van der Waals surface area contributed by atoms with Gasteiger partial charge in [0, 0.05) is 25.7 Å². The van der Waals surface area contributed by atoms with Crippen molar-refractivity contribution >= 4 is 11.8 Å². The molecule has 0 spiro atoms. The molecule has 0 aliphatic carbocycles. The molecule has 23 heavy (non-hydrogen) atoms. The van der Waals surface area contributed by atoms with Gasteiger partial charge in [-0.05, 0) is 26.8 Å². The van der Waals surface area contributed by atoms with Gasteiger partial charge in [-0.2, -0.15) is 0 Å². The lowest BCUT2D eigenvalue weighted by Crippen LogP contribution is -2.38. The van der Waals surface area contributed by atoms with Crippen LogP contribution in [0.1, 0.15) is 20.8 Å². The topological polar surface area (TPSA) is 72.9 Å². The lowest BCUT2D eigenvalue weighted by Gasteiger charge is -2.26. The summed E-state index contributed by atoms with van der Waals surface area (Å²) in [5, 5.41) is 2.63. The number of amides is 1. The number of morpholine rings is 1. The quantitative estimate of drug-likeness (QED) is 0.895. The standard InChI is InChI=1S/C16H25N3O4/c1-16(2,3)23-15(20)18-13-4-5-14(17-12-13)22-11-8-19-6-9-21-10-7-19/h4-5,12H,6-11H2,1-3H3,(H,18,20). The molecule has 0 radical (unpaired) electrons. The zero-order valence-electron chi connectivity index (χ0n) is 14.0. The van der Waals surface area contributed by atoms with Crippen molar-refractivity contribution in [2.75, 3.05) is 44.8 Å². The van der Waals surface area contributed by atoms with E-state index in [4.69, 9.17) is 14.2 Å². The van der Waals surface area contributed by atoms with Crippen LogP contribution in [-0.2, 0) is 9.47 Å². The number of hydrogen-bond donors (Lipinski definition) is 1. The van der Waals surface area contributed by atoms with Gasteiger partial charge in [-0.25, -0.2) is 9.78 Å². The maximum absolute atomic E-state index is 11.7. The molecule has 1 amide bonds. The fraction of sp³-hybridized carbons (Fsp3) is 0.625. The highest BCUT2D eigenvalue weighted by atomic mass is 16.6. The third-order valence-corrected chi connectivity index (χ3v) is 3.14. The number of pyridine rings is 1. The Hall–Kier alpha value is -1.86. The van der Waals surface area contributed by atoms with E-state index in [9.17, 15) is 4.79 Å². The fourth-order valence-electron chi connectivity index (χ4n) is 2.07. The van der Waals surface area contributed by atoms with E-state index in [0.717, 1.165) is 32.8 Å². The summed E-state index contributed by atoms with van der Waals surface area (Å²) < 4.78 is 16.1. The molecular formula is C16H25N3O4. The first kappa shape index (κ1) is 17.5. The van der Waals surface area contributed by atoms with Crippen molar-refractivity contribution in [2.45, 2.75) is 26.4 Å². The molecule has 1 aliphatic rings. The van der Waals surface area contributed by atoms with E-state index in [1.807, 2.05) is 20.8 Å². The van der Waals surface area contributed by atoms with Crippen LogP contribution >= 0.6 is 0 Å². The average molecular weight is 323 g/mol. The molecule has 0 atom stereocenters. The molecule has 7 nitrogen and oxygen atoms in total. The number of nitrogens with one attached hydrogen (secondary N) is 1. The Kier molecular flexibility index (Phi) is 6.18. The molecule has 0 saturated carbocycles. The van der Waals surface area contributed by atoms with Crippen LogP contribution in [0.5, 0.6) is 5.88 Å². The van der Waals surface area contributed by atoms with Crippen LogP contribution in [0.4, 0.5) is 10.5 Å². The lowest BCUT2D eigenvalue weighted by molar-refractivity contribution is 0.0320. The molecule has 128 valence electrons. The SMILES string of the molecule is CC(C)(C)OC(=O)Nc1ccc(OCCN2CCOCC2)nc1. The first-order valence-electron chi connectivity index (χ1n) is 7.81. The molecule has 1 N–H and O–H groups in total. The second-order valence-corrected chi connectivity index (χ2v) is 6.31. The van der Waals surface area contributed by atoms with Gasteiger partial charge in [0.05, 0.1) is 25.1 Å².